The lowest BCUT2D eigenvalue weighted by atomic mass is 10.0. The Bertz CT molecular complexity index is 787. The Morgan fingerprint density at radius 2 is 1.48 bits per heavy atom. The highest BCUT2D eigenvalue weighted by Gasteiger charge is 2.28. The van der Waals surface area contributed by atoms with Crippen molar-refractivity contribution in [3.63, 3.8) is 0 Å². The normalized spacial score (nSPS) is 14.6. The maximum atomic E-state index is 12.8. The standard InChI is InChI=1S/C23H37N5O5/c1-14(2)19(25)22(31)27-17(11-7-8-12-24)21(30)26-15(3)20(29)28-18(23(32)33)13-16-9-5-4-6-10-16/h4-6,9-10,14-15,17-19H,7-8,11-13,24-25H2,1-3H3,(H,26,30)(H,27,31)(H,28,29)(H,32,33). The van der Waals surface area contributed by atoms with Crippen LogP contribution in [0.4, 0.5) is 0 Å². The van der Waals surface area contributed by atoms with Gasteiger partial charge in [-0.3, -0.25) is 14.4 Å². The van der Waals surface area contributed by atoms with Crippen molar-refractivity contribution in [2.45, 2.75) is 70.6 Å². The predicted octanol–water partition coefficient (Wildman–Crippen LogP) is -0.0997. The molecular formula is C23H37N5O5. The molecule has 184 valence electrons. The van der Waals surface area contributed by atoms with Gasteiger partial charge in [-0.2, -0.15) is 0 Å². The van der Waals surface area contributed by atoms with Crippen LogP contribution in [0.3, 0.4) is 0 Å². The fraction of sp³-hybridized carbons (Fsp3) is 0.565. The summed E-state index contributed by atoms with van der Waals surface area (Å²) in [6.07, 6.45) is 1.71. The number of hydrogen-bond acceptors (Lipinski definition) is 6. The third-order valence-electron chi connectivity index (χ3n) is 5.25. The van der Waals surface area contributed by atoms with Crippen molar-refractivity contribution in [2.75, 3.05) is 6.54 Å². The molecule has 0 radical (unpaired) electrons. The zero-order valence-corrected chi connectivity index (χ0v) is 19.5. The van der Waals surface area contributed by atoms with E-state index in [1.807, 2.05) is 6.07 Å². The summed E-state index contributed by atoms with van der Waals surface area (Å²) >= 11 is 0. The SMILES string of the molecule is CC(NC(=O)C(CCCCN)NC(=O)C(N)C(C)C)C(=O)NC(Cc1ccccc1)C(=O)O. The summed E-state index contributed by atoms with van der Waals surface area (Å²) in [5, 5.41) is 17.1. The number of carboxylic acids is 1. The average molecular weight is 464 g/mol. The van der Waals surface area contributed by atoms with Crippen LogP contribution in [0.25, 0.3) is 0 Å². The van der Waals surface area contributed by atoms with Crippen LogP contribution in [-0.4, -0.2) is 59.5 Å². The molecule has 4 atom stereocenters. The summed E-state index contributed by atoms with van der Waals surface area (Å²) in [5.74, 6) is -2.93. The number of carboxylic acid groups (broad SMARTS) is 1. The highest BCUT2D eigenvalue weighted by Crippen LogP contribution is 2.06. The molecule has 1 rings (SSSR count). The highest BCUT2D eigenvalue weighted by molar-refractivity contribution is 5.93. The number of unbranched alkanes of at least 4 members (excludes halogenated alkanes) is 1. The van der Waals surface area contributed by atoms with E-state index in [9.17, 15) is 24.3 Å². The van der Waals surface area contributed by atoms with Crippen LogP contribution >= 0.6 is 0 Å². The zero-order chi connectivity index (χ0) is 25.0. The van der Waals surface area contributed by atoms with Crippen molar-refractivity contribution in [1.82, 2.24) is 16.0 Å². The summed E-state index contributed by atoms with van der Waals surface area (Å²) in [7, 11) is 0. The molecule has 8 N–H and O–H groups in total. The van der Waals surface area contributed by atoms with E-state index in [1.54, 1.807) is 38.1 Å². The molecule has 0 bridgehead atoms. The molecule has 0 aliphatic rings. The molecule has 3 amide bonds. The lowest BCUT2D eigenvalue weighted by Gasteiger charge is -2.24. The first-order valence-electron chi connectivity index (χ1n) is 11.2. The van der Waals surface area contributed by atoms with Crippen molar-refractivity contribution in [3.8, 4) is 0 Å². The fourth-order valence-electron chi connectivity index (χ4n) is 3.06. The maximum Gasteiger partial charge on any atom is 0.326 e. The predicted molar refractivity (Wildman–Crippen MR) is 125 cm³/mol. The lowest BCUT2D eigenvalue weighted by Crippen LogP contribution is -2.57. The molecule has 33 heavy (non-hydrogen) atoms. The number of benzene rings is 1. The van der Waals surface area contributed by atoms with Crippen molar-refractivity contribution >= 4 is 23.7 Å². The minimum atomic E-state index is -1.18. The highest BCUT2D eigenvalue weighted by atomic mass is 16.4. The Morgan fingerprint density at radius 1 is 0.879 bits per heavy atom. The van der Waals surface area contributed by atoms with Crippen molar-refractivity contribution < 1.29 is 24.3 Å². The molecule has 10 heteroatoms. The van der Waals surface area contributed by atoms with Crippen LogP contribution in [0.15, 0.2) is 30.3 Å². The van der Waals surface area contributed by atoms with Gasteiger partial charge in [0.05, 0.1) is 6.04 Å². The van der Waals surface area contributed by atoms with Gasteiger partial charge in [0.15, 0.2) is 0 Å². The van der Waals surface area contributed by atoms with Crippen LogP contribution in [0, 0.1) is 5.92 Å². The summed E-state index contributed by atoms with van der Waals surface area (Å²) in [6, 6.07) is 5.09. The molecule has 0 aromatic heterocycles. The minimum Gasteiger partial charge on any atom is -0.480 e. The van der Waals surface area contributed by atoms with E-state index < -0.39 is 47.9 Å². The Labute approximate surface area is 194 Å². The van der Waals surface area contributed by atoms with Crippen molar-refractivity contribution in [1.29, 1.82) is 0 Å². The smallest absolute Gasteiger partial charge is 0.326 e. The molecule has 0 aliphatic heterocycles. The number of carbonyl (C=O) groups is 4. The lowest BCUT2D eigenvalue weighted by molar-refractivity contribution is -0.142. The van der Waals surface area contributed by atoms with E-state index in [2.05, 4.69) is 16.0 Å². The number of aliphatic carboxylic acids is 1. The summed E-state index contributed by atoms with van der Waals surface area (Å²) < 4.78 is 0. The van der Waals surface area contributed by atoms with E-state index in [0.717, 1.165) is 5.56 Å². The van der Waals surface area contributed by atoms with Crippen LogP contribution in [0.1, 0.15) is 45.6 Å². The molecule has 10 nitrogen and oxygen atoms in total. The summed E-state index contributed by atoms with van der Waals surface area (Å²) in [6.45, 7) is 5.50. The Morgan fingerprint density at radius 3 is 2.03 bits per heavy atom. The van der Waals surface area contributed by atoms with Gasteiger partial charge in [0.2, 0.25) is 17.7 Å². The van der Waals surface area contributed by atoms with E-state index in [0.29, 0.717) is 25.8 Å². The van der Waals surface area contributed by atoms with E-state index in [-0.39, 0.29) is 12.3 Å². The molecule has 4 unspecified atom stereocenters. The number of hydrogen-bond donors (Lipinski definition) is 6. The van der Waals surface area contributed by atoms with Crippen LogP contribution < -0.4 is 27.4 Å². The molecule has 0 saturated carbocycles. The van der Waals surface area contributed by atoms with Crippen LogP contribution in [0.2, 0.25) is 0 Å². The number of nitrogens with one attached hydrogen (secondary N) is 3. The van der Waals surface area contributed by atoms with Gasteiger partial charge in [-0.25, -0.2) is 4.79 Å². The molecule has 0 aliphatic carbocycles. The van der Waals surface area contributed by atoms with Gasteiger partial charge in [-0.1, -0.05) is 44.2 Å². The van der Waals surface area contributed by atoms with Crippen LogP contribution in [0.5, 0.6) is 0 Å². The Hall–Kier alpha value is -2.98. The minimum absolute atomic E-state index is 0.105. The first-order valence-corrected chi connectivity index (χ1v) is 11.2. The molecule has 1 aromatic carbocycles. The summed E-state index contributed by atoms with van der Waals surface area (Å²) in [4.78, 5) is 49.3. The van der Waals surface area contributed by atoms with Gasteiger partial charge in [-0.15, -0.1) is 0 Å². The molecule has 0 spiro atoms. The zero-order valence-electron chi connectivity index (χ0n) is 19.5. The van der Waals surface area contributed by atoms with E-state index in [4.69, 9.17) is 11.5 Å². The second kappa shape index (κ2) is 14.2. The number of amides is 3. The van der Waals surface area contributed by atoms with E-state index in [1.165, 1.54) is 6.92 Å². The number of nitrogens with two attached hydrogens (primary N) is 2. The Balaban J connectivity index is 2.77. The number of carbonyl (C=O) groups excluding carboxylic acids is 3. The molecule has 1 aromatic rings. The maximum absolute atomic E-state index is 12.8. The van der Waals surface area contributed by atoms with Gasteiger partial charge in [0, 0.05) is 6.42 Å². The van der Waals surface area contributed by atoms with Gasteiger partial charge in [-0.05, 0) is 44.2 Å². The Kier molecular flexibility index (Phi) is 12.1. The summed E-state index contributed by atoms with van der Waals surface area (Å²) in [5.41, 5.74) is 12.1. The van der Waals surface area contributed by atoms with Gasteiger partial charge >= 0.3 is 5.97 Å². The molecular weight excluding hydrogens is 426 g/mol. The number of rotatable bonds is 14. The van der Waals surface area contributed by atoms with Gasteiger partial charge in [0.25, 0.3) is 0 Å². The van der Waals surface area contributed by atoms with Crippen LogP contribution in [-0.2, 0) is 25.6 Å². The second-order valence-corrected chi connectivity index (χ2v) is 8.43. The van der Waals surface area contributed by atoms with Gasteiger partial charge < -0.3 is 32.5 Å². The van der Waals surface area contributed by atoms with Crippen molar-refractivity contribution in [3.05, 3.63) is 35.9 Å². The first-order chi connectivity index (χ1) is 15.6. The van der Waals surface area contributed by atoms with Gasteiger partial charge in [0.1, 0.15) is 18.1 Å². The average Bonchev–Trinajstić information content (AvgIpc) is 2.77. The first kappa shape index (κ1) is 28.1. The quantitative estimate of drug-likeness (QED) is 0.209. The second-order valence-electron chi connectivity index (χ2n) is 8.43. The molecule has 0 saturated heterocycles. The van der Waals surface area contributed by atoms with Crippen molar-refractivity contribution in [2.24, 2.45) is 17.4 Å². The topological polar surface area (TPSA) is 177 Å². The molecule has 0 heterocycles. The third-order valence-corrected chi connectivity index (χ3v) is 5.25. The third kappa shape index (κ3) is 10.0. The fourth-order valence-corrected chi connectivity index (χ4v) is 3.06. The van der Waals surface area contributed by atoms with E-state index >= 15 is 0 Å². The largest absolute Gasteiger partial charge is 0.480 e. The monoisotopic (exact) mass is 463 g/mol. The molecule has 0 fully saturated rings.